The first-order valence-electron chi connectivity index (χ1n) is 9.66. The molecule has 3 heterocycles. The van der Waals surface area contributed by atoms with Gasteiger partial charge in [-0.2, -0.15) is 0 Å². The van der Waals surface area contributed by atoms with Gasteiger partial charge in [-0.05, 0) is 36.9 Å². The van der Waals surface area contributed by atoms with Crippen LogP contribution in [0.5, 0.6) is 0 Å². The zero-order valence-electron chi connectivity index (χ0n) is 16.0. The number of imide groups is 1. The van der Waals surface area contributed by atoms with Gasteiger partial charge in [-0.1, -0.05) is 19.9 Å². The summed E-state index contributed by atoms with van der Waals surface area (Å²) in [5.41, 5.74) is -0.183. The fourth-order valence-electron chi connectivity index (χ4n) is 3.81. The number of rotatable bonds is 6. The van der Waals surface area contributed by atoms with Gasteiger partial charge >= 0.3 is 0 Å². The highest BCUT2D eigenvalue weighted by Gasteiger charge is 2.36. The van der Waals surface area contributed by atoms with Gasteiger partial charge in [0, 0.05) is 51.8 Å². The molecule has 2 aliphatic rings. The van der Waals surface area contributed by atoms with Gasteiger partial charge in [0.05, 0.1) is 0 Å². The smallest absolute Gasteiger partial charge is 0.229 e. The molecule has 0 N–H and O–H groups in total. The molecule has 0 saturated carbocycles. The van der Waals surface area contributed by atoms with E-state index in [4.69, 9.17) is 0 Å². The quantitative estimate of drug-likeness (QED) is 0.576. The molecule has 0 aromatic carbocycles. The number of anilines is 1. The second-order valence-electron chi connectivity index (χ2n) is 8.18. The number of pyridine rings is 1. The van der Waals surface area contributed by atoms with Crippen LogP contribution in [0.25, 0.3) is 0 Å². The standard InChI is InChI=1S/C20H30N4O2/c1-20(2)15-18(25)24(19(26)16-20)10-6-5-9-22-11-13-23(14-12-22)17-7-3-4-8-21-17/h3-4,7-8H,5-6,9-16H2,1-2H3. The predicted octanol–water partition coefficient (Wildman–Crippen LogP) is 2.16. The highest BCUT2D eigenvalue weighted by Crippen LogP contribution is 2.31. The van der Waals surface area contributed by atoms with Gasteiger partial charge < -0.3 is 4.90 Å². The number of piperazine rings is 1. The monoisotopic (exact) mass is 358 g/mol. The van der Waals surface area contributed by atoms with Crippen LogP contribution in [0.3, 0.4) is 0 Å². The Hall–Kier alpha value is -1.95. The second kappa shape index (κ2) is 8.16. The minimum absolute atomic E-state index is 0.00442. The Balaban J connectivity index is 1.35. The van der Waals surface area contributed by atoms with Crippen LogP contribution < -0.4 is 4.90 Å². The first-order chi connectivity index (χ1) is 12.4. The average Bonchev–Trinajstić information content (AvgIpc) is 2.61. The van der Waals surface area contributed by atoms with Gasteiger partial charge in [-0.3, -0.25) is 19.4 Å². The van der Waals surface area contributed by atoms with Gasteiger partial charge in [0.15, 0.2) is 0 Å². The molecule has 2 amide bonds. The normalized spacial score (nSPS) is 21.3. The molecule has 6 nitrogen and oxygen atoms in total. The van der Waals surface area contributed by atoms with Gasteiger partial charge in [0.1, 0.15) is 5.82 Å². The lowest BCUT2D eigenvalue weighted by Crippen LogP contribution is -2.47. The van der Waals surface area contributed by atoms with Gasteiger partial charge in [0.25, 0.3) is 0 Å². The van der Waals surface area contributed by atoms with E-state index in [9.17, 15) is 9.59 Å². The molecule has 0 unspecified atom stereocenters. The third kappa shape index (κ3) is 4.81. The second-order valence-corrected chi connectivity index (χ2v) is 8.18. The van der Waals surface area contributed by atoms with Crippen molar-refractivity contribution < 1.29 is 9.59 Å². The lowest BCUT2D eigenvalue weighted by Gasteiger charge is -2.36. The maximum atomic E-state index is 12.2. The Morgan fingerprint density at radius 2 is 1.62 bits per heavy atom. The molecule has 142 valence electrons. The van der Waals surface area contributed by atoms with E-state index in [0.29, 0.717) is 19.4 Å². The molecular formula is C20H30N4O2. The first kappa shape index (κ1) is 18.8. The SMILES string of the molecule is CC1(C)CC(=O)N(CCCCN2CCN(c3ccccn3)CC2)C(=O)C1. The summed E-state index contributed by atoms with van der Waals surface area (Å²) in [6, 6.07) is 6.03. The van der Waals surface area contributed by atoms with Crippen molar-refractivity contribution in [2.24, 2.45) is 5.41 Å². The summed E-state index contributed by atoms with van der Waals surface area (Å²) in [4.78, 5) is 35.0. The predicted molar refractivity (Wildman–Crippen MR) is 102 cm³/mol. The summed E-state index contributed by atoms with van der Waals surface area (Å²) >= 11 is 0. The minimum Gasteiger partial charge on any atom is -0.354 e. The molecule has 2 fully saturated rings. The van der Waals surface area contributed by atoms with Gasteiger partial charge in [-0.15, -0.1) is 0 Å². The molecule has 0 spiro atoms. The lowest BCUT2D eigenvalue weighted by atomic mass is 9.82. The fraction of sp³-hybridized carbons (Fsp3) is 0.650. The van der Waals surface area contributed by atoms with Gasteiger partial charge in [-0.25, -0.2) is 4.98 Å². The molecule has 0 bridgehead atoms. The van der Waals surface area contributed by atoms with E-state index >= 15 is 0 Å². The van der Waals surface area contributed by atoms with Crippen LogP contribution in [-0.2, 0) is 9.59 Å². The van der Waals surface area contributed by atoms with Crippen LogP contribution in [0.4, 0.5) is 5.82 Å². The molecule has 0 atom stereocenters. The topological polar surface area (TPSA) is 56.8 Å². The van der Waals surface area contributed by atoms with Crippen molar-refractivity contribution in [2.75, 3.05) is 44.2 Å². The number of unbranched alkanes of at least 4 members (excludes halogenated alkanes) is 1. The van der Waals surface area contributed by atoms with Crippen LogP contribution >= 0.6 is 0 Å². The van der Waals surface area contributed by atoms with Crippen molar-refractivity contribution in [3.05, 3.63) is 24.4 Å². The van der Waals surface area contributed by atoms with Crippen molar-refractivity contribution in [1.29, 1.82) is 0 Å². The molecule has 3 rings (SSSR count). The maximum absolute atomic E-state index is 12.2. The van der Waals surface area contributed by atoms with E-state index in [1.165, 1.54) is 4.90 Å². The molecular weight excluding hydrogens is 328 g/mol. The summed E-state index contributed by atoms with van der Waals surface area (Å²) in [7, 11) is 0. The Bertz CT molecular complexity index is 604. The minimum atomic E-state index is -0.183. The van der Waals surface area contributed by atoms with E-state index < -0.39 is 0 Å². The van der Waals surface area contributed by atoms with Crippen LogP contribution in [0.2, 0.25) is 0 Å². The molecule has 2 saturated heterocycles. The van der Waals surface area contributed by atoms with E-state index in [0.717, 1.165) is 51.4 Å². The zero-order chi connectivity index (χ0) is 18.6. The summed E-state index contributed by atoms with van der Waals surface area (Å²) in [5, 5.41) is 0. The third-order valence-corrected chi connectivity index (χ3v) is 5.31. The number of carbonyl (C=O) groups excluding carboxylic acids is 2. The van der Waals surface area contributed by atoms with Crippen molar-refractivity contribution in [1.82, 2.24) is 14.8 Å². The van der Waals surface area contributed by atoms with Crippen molar-refractivity contribution in [3.63, 3.8) is 0 Å². The molecule has 6 heteroatoms. The summed E-state index contributed by atoms with van der Waals surface area (Å²) in [6.45, 7) is 9.64. The van der Waals surface area contributed by atoms with Crippen LogP contribution in [0.1, 0.15) is 39.5 Å². The van der Waals surface area contributed by atoms with E-state index in [1.54, 1.807) is 0 Å². The number of likely N-dealkylation sites (tertiary alicyclic amines) is 1. The molecule has 0 aliphatic carbocycles. The van der Waals surface area contributed by atoms with Crippen molar-refractivity contribution in [2.45, 2.75) is 39.5 Å². The van der Waals surface area contributed by atoms with Crippen LogP contribution in [0, 0.1) is 5.41 Å². The summed E-state index contributed by atoms with van der Waals surface area (Å²) in [6.07, 6.45) is 4.71. The molecule has 0 radical (unpaired) electrons. The Labute approximate surface area is 156 Å². The molecule has 2 aliphatic heterocycles. The molecule has 1 aromatic heterocycles. The number of hydrogen-bond donors (Lipinski definition) is 0. The summed E-state index contributed by atoms with van der Waals surface area (Å²) in [5.74, 6) is 1.04. The first-order valence-corrected chi connectivity index (χ1v) is 9.66. The Morgan fingerprint density at radius 3 is 2.23 bits per heavy atom. The van der Waals surface area contributed by atoms with Crippen molar-refractivity contribution >= 4 is 17.6 Å². The number of hydrogen-bond acceptors (Lipinski definition) is 5. The number of nitrogens with zero attached hydrogens (tertiary/aromatic N) is 4. The van der Waals surface area contributed by atoms with Crippen molar-refractivity contribution in [3.8, 4) is 0 Å². The Morgan fingerprint density at radius 1 is 0.962 bits per heavy atom. The van der Waals surface area contributed by atoms with E-state index in [2.05, 4.69) is 20.9 Å². The molecule has 26 heavy (non-hydrogen) atoms. The summed E-state index contributed by atoms with van der Waals surface area (Å²) < 4.78 is 0. The number of aromatic nitrogens is 1. The zero-order valence-corrected chi connectivity index (χ0v) is 16.0. The Kier molecular flexibility index (Phi) is 5.91. The maximum Gasteiger partial charge on any atom is 0.229 e. The third-order valence-electron chi connectivity index (χ3n) is 5.31. The number of piperidine rings is 1. The van der Waals surface area contributed by atoms with Crippen LogP contribution in [-0.4, -0.2) is 65.9 Å². The molecule has 1 aromatic rings. The highest BCUT2D eigenvalue weighted by molar-refractivity contribution is 5.98. The van der Waals surface area contributed by atoms with E-state index in [1.807, 2.05) is 32.2 Å². The lowest BCUT2D eigenvalue weighted by molar-refractivity contribution is -0.152. The number of carbonyl (C=O) groups is 2. The largest absolute Gasteiger partial charge is 0.354 e. The average molecular weight is 358 g/mol. The van der Waals surface area contributed by atoms with Gasteiger partial charge in [0.2, 0.25) is 11.8 Å². The fourth-order valence-corrected chi connectivity index (χ4v) is 3.81. The van der Waals surface area contributed by atoms with Crippen LogP contribution in [0.15, 0.2) is 24.4 Å². The number of amides is 2. The van der Waals surface area contributed by atoms with E-state index in [-0.39, 0.29) is 17.2 Å². The highest BCUT2D eigenvalue weighted by atomic mass is 16.2.